The topological polar surface area (TPSA) is 55.1 Å². The van der Waals surface area contributed by atoms with Crippen LogP contribution in [0.5, 0.6) is 0 Å². The first kappa shape index (κ1) is 13.2. The molecular formula is C13H24N2O. The number of rotatable bonds is 5. The molecule has 0 aromatic rings. The Labute approximate surface area is 98.5 Å². The van der Waals surface area contributed by atoms with Gasteiger partial charge in [0, 0.05) is 13.1 Å². The van der Waals surface area contributed by atoms with E-state index < -0.39 is 0 Å². The van der Waals surface area contributed by atoms with Crippen LogP contribution >= 0.6 is 0 Å². The van der Waals surface area contributed by atoms with E-state index in [-0.39, 0.29) is 11.8 Å². The van der Waals surface area contributed by atoms with Crippen LogP contribution < -0.4 is 11.1 Å². The fraction of sp³-hybridized carbons (Fsp3) is 0.769. The van der Waals surface area contributed by atoms with Gasteiger partial charge < -0.3 is 11.1 Å². The Balaban J connectivity index is 2.30. The molecule has 3 heteroatoms. The van der Waals surface area contributed by atoms with Crippen LogP contribution in [0.2, 0.25) is 0 Å². The molecule has 0 heterocycles. The molecule has 1 amide bonds. The summed E-state index contributed by atoms with van der Waals surface area (Å²) in [5.41, 5.74) is 5.61. The number of hydrogen-bond donors (Lipinski definition) is 2. The first-order chi connectivity index (χ1) is 7.65. The molecule has 0 aromatic carbocycles. The average Bonchev–Trinajstić information content (AvgIpc) is 2.28. The number of nitrogens with one attached hydrogen (secondary N) is 1. The van der Waals surface area contributed by atoms with Crippen LogP contribution in [0, 0.1) is 17.8 Å². The van der Waals surface area contributed by atoms with Gasteiger partial charge in [-0.05, 0) is 31.1 Å². The van der Waals surface area contributed by atoms with Crippen LogP contribution in [0.25, 0.3) is 0 Å². The SMILES string of the molecule is CC(C)C(CN)C(=O)NCC1CC=CCC1. The smallest absolute Gasteiger partial charge is 0.224 e. The van der Waals surface area contributed by atoms with Crippen LogP contribution in [-0.2, 0) is 4.79 Å². The molecule has 0 aromatic heterocycles. The summed E-state index contributed by atoms with van der Waals surface area (Å²) in [6, 6.07) is 0. The van der Waals surface area contributed by atoms with Gasteiger partial charge in [-0.1, -0.05) is 26.0 Å². The van der Waals surface area contributed by atoms with Gasteiger partial charge in [0.25, 0.3) is 0 Å². The minimum Gasteiger partial charge on any atom is -0.356 e. The van der Waals surface area contributed by atoms with Crippen molar-refractivity contribution in [1.29, 1.82) is 0 Å². The summed E-state index contributed by atoms with van der Waals surface area (Å²) in [5, 5.41) is 3.03. The molecule has 3 nitrogen and oxygen atoms in total. The Hall–Kier alpha value is -0.830. The quantitative estimate of drug-likeness (QED) is 0.698. The lowest BCUT2D eigenvalue weighted by Crippen LogP contribution is -2.40. The summed E-state index contributed by atoms with van der Waals surface area (Å²) in [7, 11) is 0. The largest absolute Gasteiger partial charge is 0.356 e. The Bertz CT molecular complexity index is 248. The lowest BCUT2D eigenvalue weighted by atomic mass is 9.92. The molecule has 0 saturated carbocycles. The van der Waals surface area contributed by atoms with Gasteiger partial charge in [0.1, 0.15) is 0 Å². The summed E-state index contributed by atoms with van der Waals surface area (Å²) in [5.74, 6) is 1.00. The molecule has 0 bridgehead atoms. The van der Waals surface area contributed by atoms with E-state index in [0.29, 0.717) is 18.4 Å². The molecule has 0 saturated heterocycles. The van der Waals surface area contributed by atoms with Crippen molar-refractivity contribution in [1.82, 2.24) is 5.32 Å². The molecule has 92 valence electrons. The highest BCUT2D eigenvalue weighted by atomic mass is 16.1. The van der Waals surface area contributed by atoms with E-state index in [0.717, 1.165) is 19.4 Å². The Morgan fingerprint density at radius 2 is 2.25 bits per heavy atom. The van der Waals surface area contributed by atoms with Crippen LogP contribution in [0.15, 0.2) is 12.2 Å². The van der Waals surface area contributed by atoms with Crippen LogP contribution in [-0.4, -0.2) is 19.0 Å². The number of carbonyl (C=O) groups excluding carboxylic acids is 1. The maximum atomic E-state index is 11.8. The van der Waals surface area contributed by atoms with Crippen molar-refractivity contribution in [2.45, 2.75) is 33.1 Å². The predicted octanol–water partition coefficient (Wildman–Crippen LogP) is 1.69. The van der Waals surface area contributed by atoms with Crippen molar-refractivity contribution in [3.05, 3.63) is 12.2 Å². The van der Waals surface area contributed by atoms with E-state index in [1.165, 1.54) is 6.42 Å². The Morgan fingerprint density at radius 1 is 1.50 bits per heavy atom. The van der Waals surface area contributed by atoms with E-state index in [1.54, 1.807) is 0 Å². The lowest BCUT2D eigenvalue weighted by molar-refractivity contribution is -0.126. The fourth-order valence-corrected chi connectivity index (χ4v) is 2.10. The summed E-state index contributed by atoms with van der Waals surface area (Å²) in [4.78, 5) is 11.8. The first-order valence-corrected chi connectivity index (χ1v) is 6.28. The maximum absolute atomic E-state index is 11.8. The molecule has 1 rings (SSSR count). The fourth-order valence-electron chi connectivity index (χ4n) is 2.10. The van der Waals surface area contributed by atoms with Gasteiger partial charge in [0.2, 0.25) is 5.91 Å². The van der Waals surface area contributed by atoms with E-state index in [9.17, 15) is 4.79 Å². The second-order valence-electron chi connectivity index (χ2n) is 4.98. The van der Waals surface area contributed by atoms with E-state index >= 15 is 0 Å². The summed E-state index contributed by atoms with van der Waals surface area (Å²) >= 11 is 0. The predicted molar refractivity (Wildman–Crippen MR) is 66.9 cm³/mol. The van der Waals surface area contributed by atoms with Crippen LogP contribution in [0.1, 0.15) is 33.1 Å². The average molecular weight is 224 g/mol. The van der Waals surface area contributed by atoms with Crippen molar-refractivity contribution < 1.29 is 4.79 Å². The van der Waals surface area contributed by atoms with Gasteiger partial charge in [0.05, 0.1) is 5.92 Å². The number of amides is 1. The standard InChI is InChI=1S/C13H24N2O/c1-10(2)12(8-14)13(16)15-9-11-6-4-3-5-7-11/h3-4,10-12H,5-9,14H2,1-2H3,(H,15,16). The number of allylic oxidation sites excluding steroid dienone is 2. The van der Waals surface area contributed by atoms with Crippen molar-refractivity contribution in [2.75, 3.05) is 13.1 Å². The minimum absolute atomic E-state index is 0.0425. The third-order valence-corrected chi connectivity index (χ3v) is 3.34. The zero-order valence-corrected chi connectivity index (χ0v) is 10.4. The van der Waals surface area contributed by atoms with Gasteiger partial charge in [-0.3, -0.25) is 4.79 Å². The van der Waals surface area contributed by atoms with Crippen molar-refractivity contribution >= 4 is 5.91 Å². The highest BCUT2D eigenvalue weighted by Gasteiger charge is 2.21. The molecule has 0 spiro atoms. The molecular weight excluding hydrogens is 200 g/mol. The summed E-state index contributed by atoms with van der Waals surface area (Å²) in [6.45, 7) is 5.32. The normalized spacial score (nSPS) is 22.1. The second-order valence-corrected chi connectivity index (χ2v) is 4.98. The number of hydrogen-bond acceptors (Lipinski definition) is 2. The molecule has 2 atom stereocenters. The highest BCUT2D eigenvalue weighted by molar-refractivity contribution is 5.79. The van der Waals surface area contributed by atoms with E-state index in [4.69, 9.17) is 5.73 Å². The molecule has 16 heavy (non-hydrogen) atoms. The maximum Gasteiger partial charge on any atom is 0.224 e. The molecule has 1 aliphatic rings. The Morgan fingerprint density at radius 3 is 2.75 bits per heavy atom. The van der Waals surface area contributed by atoms with Gasteiger partial charge >= 0.3 is 0 Å². The van der Waals surface area contributed by atoms with Crippen molar-refractivity contribution in [2.24, 2.45) is 23.5 Å². The molecule has 1 aliphatic carbocycles. The number of carbonyl (C=O) groups is 1. The summed E-state index contributed by atoms with van der Waals surface area (Å²) in [6.07, 6.45) is 7.85. The van der Waals surface area contributed by atoms with Gasteiger partial charge in [0.15, 0.2) is 0 Å². The third-order valence-electron chi connectivity index (χ3n) is 3.34. The lowest BCUT2D eigenvalue weighted by Gasteiger charge is -2.22. The van der Waals surface area contributed by atoms with Gasteiger partial charge in [-0.2, -0.15) is 0 Å². The zero-order valence-electron chi connectivity index (χ0n) is 10.4. The Kier molecular flexibility index (Phi) is 5.53. The van der Waals surface area contributed by atoms with Crippen LogP contribution in [0.4, 0.5) is 0 Å². The van der Waals surface area contributed by atoms with E-state index in [2.05, 4.69) is 17.5 Å². The third kappa shape index (κ3) is 3.97. The zero-order chi connectivity index (χ0) is 12.0. The first-order valence-electron chi connectivity index (χ1n) is 6.28. The highest BCUT2D eigenvalue weighted by Crippen LogP contribution is 2.17. The van der Waals surface area contributed by atoms with Gasteiger partial charge in [-0.15, -0.1) is 0 Å². The molecule has 0 aliphatic heterocycles. The second kappa shape index (κ2) is 6.69. The van der Waals surface area contributed by atoms with Crippen LogP contribution in [0.3, 0.4) is 0 Å². The number of nitrogens with two attached hydrogens (primary N) is 1. The van der Waals surface area contributed by atoms with Crippen molar-refractivity contribution in [3.8, 4) is 0 Å². The monoisotopic (exact) mass is 224 g/mol. The minimum atomic E-state index is -0.0425. The summed E-state index contributed by atoms with van der Waals surface area (Å²) < 4.78 is 0. The molecule has 0 radical (unpaired) electrons. The molecule has 0 fully saturated rings. The van der Waals surface area contributed by atoms with Gasteiger partial charge in [-0.25, -0.2) is 0 Å². The molecule has 2 unspecified atom stereocenters. The van der Waals surface area contributed by atoms with Crippen molar-refractivity contribution in [3.63, 3.8) is 0 Å². The molecule has 3 N–H and O–H groups in total. The van der Waals surface area contributed by atoms with E-state index in [1.807, 2.05) is 13.8 Å².